The van der Waals surface area contributed by atoms with Crippen LogP contribution in [0.2, 0.25) is 0 Å². The summed E-state index contributed by atoms with van der Waals surface area (Å²) < 4.78 is 19.4. The van der Waals surface area contributed by atoms with E-state index in [4.69, 9.17) is 10.00 Å². The third-order valence-electron chi connectivity index (χ3n) is 4.43. The maximum atomic E-state index is 13.6. The number of nitrogens with one attached hydrogen (secondary N) is 2. The summed E-state index contributed by atoms with van der Waals surface area (Å²) >= 11 is 0. The molecule has 0 unspecified atom stereocenters. The van der Waals surface area contributed by atoms with E-state index in [1.54, 1.807) is 24.3 Å². The molecule has 0 bridgehead atoms. The molecule has 0 aliphatic heterocycles. The van der Waals surface area contributed by atoms with E-state index < -0.39 is 0 Å². The number of nitrogens with zero attached hydrogens (tertiary/aromatic N) is 1. The molecule has 3 aromatic rings. The Morgan fingerprint density at radius 1 is 1.00 bits per heavy atom. The largest absolute Gasteiger partial charge is 0.489 e. The number of rotatable bonds is 8. The number of ether oxygens (including phenoxy) is 1. The van der Waals surface area contributed by atoms with Gasteiger partial charge in [-0.25, -0.2) is 9.18 Å². The van der Waals surface area contributed by atoms with Crippen molar-refractivity contribution in [2.24, 2.45) is 0 Å². The van der Waals surface area contributed by atoms with Crippen LogP contribution in [-0.2, 0) is 19.4 Å². The Morgan fingerprint density at radius 2 is 1.80 bits per heavy atom. The van der Waals surface area contributed by atoms with Crippen LogP contribution in [0.25, 0.3) is 0 Å². The Hall–Kier alpha value is -3.85. The fraction of sp³-hybridized carbons (Fsp3) is 0.167. The zero-order valence-electron chi connectivity index (χ0n) is 16.4. The number of anilines is 1. The van der Waals surface area contributed by atoms with Crippen molar-refractivity contribution < 1.29 is 13.9 Å². The van der Waals surface area contributed by atoms with Crippen LogP contribution in [0.1, 0.15) is 16.7 Å². The van der Waals surface area contributed by atoms with Gasteiger partial charge in [0.2, 0.25) is 0 Å². The molecule has 0 spiro atoms. The van der Waals surface area contributed by atoms with E-state index >= 15 is 0 Å². The number of amides is 2. The van der Waals surface area contributed by atoms with Crippen LogP contribution in [0.3, 0.4) is 0 Å². The first kappa shape index (κ1) is 20.9. The first-order chi connectivity index (χ1) is 14.6. The molecule has 0 radical (unpaired) electrons. The molecule has 0 aliphatic carbocycles. The van der Waals surface area contributed by atoms with Crippen molar-refractivity contribution in [1.29, 1.82) is 5.26 Å². The van der Waals surface area contributed by atoms with E-state index in [1.165, 1.54) is 6.07 Å². The fourth-order valence-corrected chi connectivity index (χ4v) is 2.89. The van der Waals surface area contributed by atoms with Gasteiger partial charge in [0.05, 0.1) is 12.5 Å². The molecule has 3 aromatic carbocycles. The Bertz CT molecular complexity index is 1030. The Kier molecular flexibility index (Phi) is 7.39. The van der Waals surface area contributed by atoms with Crippen LogP contribution in [0.4, 0.5) is 14.9 Å². The minimum Gasteiger partial charge on any atom is -0.489 e. The quantitative estimate of drug-likeness (QED) is 0.565. The average molecular weight is 403 g/mol. The molecule has 0 atom stereocenters. The smallest absolute Gasteiger partial charge is 0.319 e. The van der Waals surface area contributed by atoms with Gasteiger partial charge in [0.15, 0.2) is 0 Å². The first-order valence-corrected chi connectivity index (χ1v) is 9.60. The van der Waals surface area contributed by atoms with Crippen LogP contribution >= 0.6 is 0 Å². The Balaban J connectivity index is 1.47. The van der Waals surface area contributed by atoms with Crippen molar-refractivity contribution in [3.8, 4) is 11.8 Å². The summed E-state index contributed by atoms with van der Waals surface area (Å²) in [7, 11) is 0. The highest BCUT2D eigenvalue weighted by atomic mass is 19.1. The van der Waals surface area contributed by atoms with Crippen molar-refractivity contribution in [2.45, 2.75) is 19.4 Å². The molecule has 152 valence electrons. The molecule has 0 heterocycles. The van der Waals surface area contributed by atoms with Crippen molar-refractivity contribution in [2.75, 3.05) is 11.9 Å². The van der Waals surface area contributed by atoms with Gasteiger partial charge in [-0.2, -0.15) is 5.26 Å². The van der Waals surface area contributed by atoms with Gasteiger partial charge >= 0.3 is 6.03 Å². The second kappa shape index (κ2) is 10.6. The second-order valence-electron chi connectivity index (χ2n) is 6.69. The van der Waals surface area contributed by atoms with Gasteiger partial charge < -0.3 is 15.4 Å². The topological polar surface area (TPSA) is 74.1 Å². The third-order valence-corrected chi connectivity index (χ3v) is 4.43. The number of benzene rings is 3. The molecule has 2 amide bonds. The molecular weight excluding hydrogens is 381 g/mol. The number of urea groups is 1. The van der Waals surface area contributed by atoms with E-state index in [1.807, 2.05) is 42.5 Å². The maximum Gasteiger partial charge on any atom is 0.319 e. The molecule has 0 aliphatic rings. The lowest BCUT2D eigenvalue weighted by molar-refractivity contribution is 0.252. The summed E-state index contributed by atoms with van der Waals surface area (Å²) in [5, 5.41) is 14.2. The van der Waals surface area contributed by atoms with Gasteiger partial charge in [-0.15, -0.1) is 0 Å². The van der Waals surface area contributed by atoms with Crippen LogP contribution in [0, 0.1) is 17.1 Å². The predicted octanol–water partition coefficient (Wildman–Crippen LogP) is 4.83. The number of halogens is 1. The van der Waals surface area contributed by atoms with Crippen molar-refractivity contribution in [3.63, 3.8) is 0 Å². The molecule has 0 fully saturated rings. The highest BCUT2D eigenvalue weighted by Gasteiger charge is 2.05. The monoisotopic (exact) mass is 403 g/mol. The van der Waals surface area contributed by atoms with Gasteiger partial charge in [-0.3, -0.25) is 0 Å². The second-order valence-corrected chi connectivity index (χ2v) is 6.69. The van der Waals surface area contributed by atoms with E-state index in [0.29, 0.717) is 43.0 Å². The lowest BCUT2D eigenvalue weighted by Crippen LogP contribution is -2.30. The van der Waals surface area contributed by atoms with Gasteiger partial charge in [0, 0.05) is 12.2 Å². The van der Waals surface area contributed by atoms with Crippen molar-refractivity contribution >= 4 is 11.7 Å². The van der Waals surface area contributed by atoms with Crippen molar-refractivity contribution in [3.05, 3.63) is 95.3 Å². The average Bonchev–Trinajstić information content (AvgIpc) is 2.75. The molecule has 6 heteroatoms. The Labute approximate surface area is 175 Å². The van der Waals surface area contributed by atoms with Gasteiger partial charge in [0.25, 0.3) is 0 Å². The highest BCUT2D eigenvalue weighted by molar-refractivity contribution is 5.89. The first-order valence-electron chi connectivity index (χ1n) is 9.60. The van der Waals surface area contributed by atoms with Gasteiger partial charge in [-0.1, -0.05) is 42.5 Å². The zero-order chi connectivity index (χ0) is 21.2. The summed E-state index contributed by atoms with van der Waals surface area (Å²) in [6.07, 6.45) is 0.789. The molecule has 2 N–H and O–H groups in total. The minimum absolute atomic E-state index is 0.271. The van der Waals surface area contributed by atoms with E-state index in [9.17, 15) is 9.18 Å². The molecular formula is C24H22FN3O2. The summed E-state index contributed by atoms with van der Waals surface area (Å²) in [6.45, 7) is 0.680. The lowest BCUT2D eigenvalue weighted by Gasteiger charge is -2.10. The standard InChI is InChI=1S/C24H22FN3O2/c25-23-7-2-1-5-20(23)13-15-27-24(29)28-21-6-3-4-19(16-21)17-30-22-10-8-18(9-11-22)12-14-26/h1-11,16H,12-13,15,17H2,(H2,27,28,29). The molecule has 5 nitrogen and oxygen atoms in total. The van der Waals surface area contributed by atoms with Crippen molar-refractivity contribution in [1.82, 2.24) is 5.32 Å². The summed E-state index contributed by atoms with van der Waals surface area (Å²) in [6, 6.07) is 23.0. The number of nitriles is 1. The number of carbonyl (C=O) groups is 1. The van der Waals surface area contributed by atoms with Crippen LogP contribution in [-0.4, -0.2) is 12.6 Å². The number of hydrogen-bond donors (Lipinski definition) is 2. The minimum atomic E-state index is -0.350. The van der Waals surface area contributed by atoms with Crippen LogP contribution < -0.4 is 15.4 Å². The van der Waals surface area contributed by atoms with Gasteiger partial charge in [0.1, 0.15) is 18.2 Å². The molecule has 0 saturated heterocycles. The van der Waals surface area contributed by atoms with E-state index in [-0.39, 0.29) is 11.8 Å². The van der Waals surface area contributed by atoms with Gasteiger partial charge in [-0.05, 0) is 53.4 Å². The summed E-state index contributed by atoms with van der Waals surface area (Å²) in [5.74, 6) is 0.438. The van der Waals surface area contributed by atoms with Crippen LogP contribution in [0.15, 0.2) is 72.8 Å². The number of carbonyl (C=O) groups excluding carboxylic acids is 1. The zero-order valence-corrected chi connectivity index (χ0v) is 16.4. The fourth-order valence-electron chi connectivity index (χ4n) is 2.89. The van der Waals surface area contributed by atoms with Crippen LogP contribution in [0.5, 0.6) is 5.75 Å². The summed E-state index contributed by atoms with van der Waals surface area (Å²) in [5.41, 5.74) is 3.05. The molecule has 30 heavy (non-hydrogen) atoms. The van der Waals surface area contributed by atoms with E-state index in [0.717, 1.165) is 11.1 Å². The predicted molar refractivity (Wildman–Crippen MR) is 114 cm³/mol. The third kappa shape index (κ3) is 6.35. The maximum absolute atomic E-state index is 13.6. The number of hydrogen-bond acceptors (Lipinski definition) is 3. The van der Waals surface area contributed by atoms with E-state index in [2.05, 4.69) is 16.7 Å². The Morgan fingerprint density at radius 3 is 2.57 bits per heavy atom. The lowest BCUT2D eigenvalue weighted by atomic mass is 10.1. The summed E-state index contributed by atoms with van der Waals surface area (Å²) in [4.78, 5) is 12.1. The molecule has 0 aromatic heterocycles. The molecule has 0 saturated carbocycles. The normalized spacial score (nSPS) is 10.1. The molecule has 3 rings (SSSR count). The highest BCUT2D eigenvalue weighted by Crippen LogP contribution is 2.16. The SMILES string of the molecule is N#CCc1ccc(OCc2cccc(NC(=O)NCCc3ccccc3F)c2)cc1.